The minimum absolute atomic E-state index is 0.561. The van der Waals surface area contributed by atoms with Crippen LogP contribution in [-0.2, 0) is 7.05 Å². The first-order valence-electron chi connectivity index (χ1n) is 5.42. The lowest BCUT2D eigenvalue weighted by atomic mass is 10.2. The van der Waals surface area contributed by atoms with Crippen LogP contribution >= 0.6 is 0 Å². The van der Waals surface area contributed by atoms with E-state index >= 15 is 0 Å². The lowest BCUT2D eigenvalue weighted by Gasteiger charge is -1.91. The molecular formula is C13H12N3O+. The van der Waals surface area contributed by atoms with Crippen LogP contribution < -0.4 is 4.57 Å². The van der Waals surface area contributed by atoms with Gasteiger partial charge in [-0.25, -0.2) is 9.55 Å². The number of oxazole rings is 1. The Bertz CT molecular complexity index is 688. The molecule has 3 rings (SSSR count). The summed E-state index contributed by atoms with van der Waals surface area (Å²) in [6, 6.07) is 7.75. The Morgan fingerprint density at radius 2 is 2.18 bits per heavy atom. The number of fused-ring (bicyclic) bond motifs is 1. The Balaban J connectivity index is 2.22. The summed E-state index contributed by atoms with van der Waals surface area (Å²) in [5.74, 6) is 0.561. The second-order valence-corrected chi connectivity index (χ2v) is 4.04. The normalized spacial score (nSPS) is 10.9. The fourth-order valence-corrected chi connectivity index (χ4v) is 1.78. The first-order chi connectivity index (χ1) is 8.24. The Hall–Kier alpha value is -2.23. The zero-order valence-corrected chi connectivity index (χ0v) is 9.71. The molecule has 0 aromatic carbocycles. The van der Waals surface area contributed by atoms with E-state index in [0.717, 1.165) is 22.5 Å². The lowest BCUT2D eigenvalue weighted by Crippen LogP contribution is -2.27. The van der Waals surface area contributed by atoms with Crippen molar-refractivity contribution in [2.75, 3.05) is 0 Å². The van der Waals surface area contributed by atoms with Gasteiger partial charge in [-0.05, 0) is 36.8 Å². The zero-order valence-electron chi connectivity index (χ0n) is 9.71. The van der Waals surface area contributed by atoms with Gasteiger partial charge in [-0.2, -0.15) is 0 Å². The molecule has 3 aromatic rings. The Morgan fingerprint density at radius 1 is 1.29 bits per heavy atom. The van der Waals surface area contributed by atoms with Gasteiger partial charge in [0.1, 0.15) is 0 Å². The highest BCUT2D eigenvalue weighted by molar-refractivity contribution is 5.68. The maximum Gasteiger partial charge on any atom is 0.370 e. The molecule has 3 aromatic heterocycles. The van der Waals surface area contributed by atoms with Crippen LogP contribution in [0.25, 0.3) is 22.8 Å². The van der Waals surface area contributed by atoms with Gasteiger partial charge in [-0.1, -0.05) is 0 Å². The van der Waals surface area contributed by atoms with Gasteiger partial charge in [0.2, 0.25) is 5.58 Å². The molecule has 0 saturated carbocycles. The molecule has 0 aliphatic heterocycles. The van der Waals surface area contributed by atoms with Crippen molar-refractivity contribution in [1.29, 1.82) is 0 Å². The van der Waals surface area contributed by atoms with Crippen LogP contribution in [-0.4, -0.2) is 9.97 Å². The lowest BCUT2D eigenvalue weighted by molar-refractivity contribution is -0.646. The molecule has 0 aliphatic carbocycles. The molecule has 84 valence electrons. The van der Waals surface area contributed by atoms with E-state index < -0.39 is 0 Å². The van der Waals surface area contributed by atoms with Crippen LogP contribution in [0.15, 0.2) is 41.1 Å². The van der Waals surface area contributed by atoms with E-state index in [1.165, 1.54) is 0 Å². The minimum Gasteiger partial charge on any atom is -0.410 e. The number of hydrogen-bond donors (Lipinski definition) is 0. The molecular weight excluding hydrogens is 214 g/mol. The molecule has 0 unspecified atom stereocenters. The molecule has 0 amide bonds. The van der Waals surface area contributed by atoms with Crippen molar-refractivity contribution in [2.24, 2.45) is 7.05 Å². The molecule has 0 fully saturated rings. The van der Waals surface area contributed by atoms with E-state index in [9.17, 15) is 0 Å². The number of rotatable bonds is 1. The topological polar surface area (TPSA) is 42.8 Å². The summed E-state index contributed by atoms with van der Waals surface area (Å²) in [5.41, 5.74) is 3.50. The van der Waals surface area contributed by atoms with Crippen LogP contribution in [0.4, 0.5) is 0 Å². The summed E-state index contributed by atoms with van der Waals surface area (Å²) in [7, 11) is 1.94. The molecule has 0 spiro atoms. The molecule has 0 atom stereocenters. The van der Waals surface area contributed by atoms with Gasteiger partial charge < -0.3 is 4.42 Å². The molecule has 0 saturated heterocycles. The Labute approximate surface area is 98.6 Å². The number of pyridine rings is 2. The third-order valence-corrected chi connectivity index (χ3v) is 2.66. The van der Waals surface area contributed by atoms with Crippen LogP contribution in [0, 0.1) is 6.92 Å². The van der Waals surface area contributed by atoms with Crippen molar-refractivity contribution in [3.8, 4) is 11.6 Å². The third-order valence-electron chi connectivity index (χ3n) is 2.66. The van der Waals surface area contributed by atoms with Crippen molar-refractivity contribution in [2.45, 2.75) is 6.92 Å². The monoisotopic (exact) mass is 226 g/mol. The fraction of sp³-hybridized carbons (Fsp3) is 0.154. The van der Waals surface area contributed by atoms with Gasteiger partial charge in [-0.15, -0.1) is 0 Å². The van der Waals surface area contributed by atoms with Gasteiger partial charge in [0.15, 0.2) is 5.69 Å². The van der Waals surface area contributed by atoms with E-state index in [0.29, 0.717) is 5.89 Å². The van der Waals surface area contributed by atoms with E-state index in [2.05, 4.69) is 9.97 Å². The van der Waals surface area contributed by atoms with Crippen molar-refractivity contribution < 1.29 is 8.98 Å². The number of aryl methyl sites for hydroxylation is 2. The first-order valence-corrected chi connectivity index (χ1v) is 5.42. The molecule has 4 heteroatoms. The molecule has 0 N–H and O–H groups in total. The Kier molecular flexibility index (Phi) is 2.14. The summed E-state index contributed by atoms with van der Waals surface area (Å²) < 4.78 is 7.62. The van der Waals surface area contributed by atoms with E-state index in [1.807, 2.05) is 49.0 Å². The second kappa shape index (κ2) is 3.66. The summed E-state index contributed by atoms with van der Waals surface area (Å²) in [6.07, 6.45) is 3.71. The minimum atomic E-state index is 0.561. The van der Waals surface area contributed by atoms with E-state index in [4.69, 9.17) is 4.42 Å². The van der Waals surface area contributed by atoms with Crippen LogP contribution in [0.1, 0.15) is 5.56 Å². The first kappa shape index (κ1) is 9.96. The summed E-state index contributed by atoms with van der Waals surface area (Å²) >= 11 is 0. The molecule has 3 heterocycles. The van der Waals surface area contributed by atoms with Gasteiger partial charge >= 0.3 is 11.5 Å². The predicted molar refractivity (Wildman–Crippen MR) is 63.2 cm³/mol. The van der Waals surface area contributed by atoms with Crippen molar-refractivity contribution in [3.05, 3.63) is 42.2 Å². The predicted octanol–water partition coefficient (Wildman–Crippen LogP) is 2.02. The van der Waals surface area contributed by atoms with Gasteiger partial charge in [0.05, 0.1) is 13.2 Å². The average molecular weight is 226 g/mol. The van der Waals surface area contributed by atoms with Crippen molar-refractivity contribution >= 4 is 11.2 Å². The highest BCUT2D eigenvalue weighted by atomic mass is 16.3. The maximum atomic E-state index is 5.70. The van der Waals surface area contributed by atoms with Crippen molar-refractivity contribution in [1.82, 2.24) is 9.97 Å². The van der Waals surface area contributed by atoms with E-state index in [1.54, 1.807) is 6.20 Å². The maximum absolute atomic E-state index is 5.70. The molecule has 0 radical (unpaired) electrons. The highest BCUT2D eigenvalue weighted by Gasteiger charge is 2.19. The van der Waals surface area contributed by atoms with Gasteiger partial charge in [0, 0.05) is 11.2 Å². The van der Waals surface area contributed by atoms with Gasteiger partial charge in [-0.3, -0.25) is 0 Å². The summed E-state index contributed by atoms with van der Waals surface area (Å²) in [5, 5.41) is 0. The SMILES string of the molecule is Cc1ccnc(-c2nc3c(ccc[n+]3C)o2)c1. The number of hydrogen-bond acceptors (Lipinski definition) is 3. The number of aromatic nitrogens is 3. The fourth-order valence-electron chi connectivity index (χ4n) is 1.78. The summed E-state index contributed by atoms with van der Waals surface area (Å²) in [4.78, 5) is 8.73. The second-order valence-electron chi connectivity index (χ2n) is 4.04. The van der Waals surface area contributed by atoms with Crippen molar-refractivity contribution in [3.63, 3.8) is 0 Å². The van der Waals surface area contributed by atoms with Crippen LogP contribution in [0.5, 0.6) is 0 Å². The van der Waals surface area contributed by atoms with E-state index in [-0.39, 0.29) is 0 Å². The largest absolute Gasteiger partial charge is 0.410 e. The Morgan fingerprint density at radius 3 is 2.94 bits per heavy atom. The van der Waals surface area contributed by atoms with Gasteiger partial charge in [0.25, 0.3) is 0 Å². The smallest absolute Gasteiger partial charge is 0.370 e. The third kappa shape index (κ3) is 1.67. The molecule has 0 bridgehead atoms. The molecule has 17 heavy (non-hydrogen) atoms. The quantitative estimate of drug-likeness (QED) is 0.596. The molecule has 4 nitrogen and oxygen atoms in total. The average Bonchev–Trinajstić information content (AvgIpc) is 2.74. The molecule has 0 aliphatic rings. The standard InChI is InChI=1S/C13H12N3O/c1-9-5-6-14-10(8-9)13-15-12-11(17-13)4-3-7-16(12)2/h3-8H,1-2H3/q+1. The van der Waals surface area contributed by atoms with Crippen LogP contribution in [0.3, 0.4) is 0 Å². The highest BCUT2D eigenvalue weighted by Crippen LogP contribution is 2.20. The zero-order chi connectivity index (χ0) is 11.8. The number of nitrogens with zero attached hydrogens (tertiary/aromatic N) is 3. The van der Waals surface area contributed by atoms with Crippen LogP contribution in [0.2, 0.25) is 0 Å². The summed E-state index contributed by atoms with van der Waals surface area (Å²) in [6.45, 7) is 2.02.